The Kier molecular flexibility index (Phi) is 3.44. The van der Waals surface area contributed by atoms with E-state index in [0.29, 0.717) is 11.1 Å². The second-order valence-corrected chi connectivity index (χ2v) is 4.34. The van der Waals surface area contributed by atoms with Crippen LogP contribution in [-0.2, 0) is 0 Å². The maximum Gasteiger partial charge on any atom is 0.336 e. The molecule has 4 heteroatoms. The predicted molar refractivity (Wildman–Crippen MR) is 68.4 cm³/mol. The van der Waals surface area contributed by atoms with Gasteiger partial charge in [-0.15, -0.1) is 11.8 Å². The highest BCUT2D eigenvalue weighted by Crippen LogP contribution is 2.27. The summed E-state index contributed by atoms with van der Waals surface area (Å²) in [5.41, 5.74) is 1.82. The van der Waals surface area contributed by atoms with E-state index in [2.05, 4.69) is 4.98 Å². The lowest BCUT2D eigenvalue weighted by atomic mass is 10.0. The number of carboxylic acid groups (broad SMARTS) is 1. The number of aromatic carboxylic acids is 1. The molecule has 0 radical (unpaired) electrons. The molecule has 0 aliphatic rings. The van der Waals surface area contributed by atoms with Gasteiger partial charge in [-0.2, -0.15) is 0 Å². The Morgan fingerprint density at radius 2 is 2.18 bits per heavy atom. The van der Waals surface area contributed by atoms with Crippen molar-refractivity contribution in [2.45, 2.75) is 4.90 Å². The van der Waals surface area contributed by atoms with Gasteiger partial charge in [0.25, 0.3) is 0 Å². The molecule has 1 heterocycles. The molecule has 0 atom stereocenters. The van der Waals surface area contributed by atoms with Gasteiger partial charge < -0.3 is 5.11 Å². The van der Waals surface area contributed by atoms with Crippen LogP contribution in [0, 0.1) is 0 Å². The highest BCUT2D eigenvalue weighted by Gasteiger charge is 2.12. The third-order valence-corrected chi connectivity index (χ3v) is 3.16. The Labute approximate surface area is 104 Å². The number of pyridine rings is 1. The zero-order valence-corrected chi connectivity index (χ0v) is 10.1. The normalized spacial score (nSPS) is 10.2. The molecule has 0 unspecified atom stereocenters. The fourth-order valence-electron chi connectivity index (χ4n) is 1.60. The lowest BCUT2D eigenvalue weighted by molar-refractivity contribution is 0.0697. The van der Waals surface area contributed by atoms with Crippen molar-refractivity contribution in [3.8, 4) is 11.1 Å². The van der Waals surface area contributed by atoms with Crippen LogP contribution in [0.2, 0.25) is 0 Å². The number of hydrogen-bond acceptors (Lipinski definition) is 3. The molecule has 1 aromatic heterocycles. The molecule has 1 aromatic carbocycles. The number of carbonyl (C=O) groups is 1. The van der Waals surface area contributed by atoms with Gasteiger partial charge in [-0.05, 0) is 30.0 Å². The van der Waals surface area contributed by atoms with E-state index in [0.717, 1.165) is 10.5 Å². The SMILES string of the molecule is CSc1ccc(-c2cccnc2)c(C(=O)O)c1. The number of aromatic nitrogens is 1. The number of nitrogens with zero attached hydrogens (tertiary/aromatic N) is 1. The van der Waals surface area contributed by atoms with Gasteiger partial charge in [0.15, 0.2) is 0 Å². The molecule has 1 N–H and O–H groups in total. The zero-order valence-electron chi connectivity index (χ0n) is 9.25. The zero-order chi connectivity index (χ0) is 12.3. The number of carboxylic acids is 1. The van der Waals surface area contributed by atoms with Crippen LogP contribution in [0.5, 0.6) is 0 Å². The van der Waals surface area contributed by atoms with Crippen LogP contribution in [0.15, 0.2) is 47.6 Å². The second kappa shape index (κ2) is 5.01. The summed E-state index contributed by atoms with van der Waals surface area (Å²) in [6.45, 7) is 0. The second-order valence-electron chi connectivity index (χ2n) is 3.46. The molecule has 0 aliphatic heterocycles. The van der Waals surface area contributed by atoms with E-state index in [9.17, 15) is 9.90 Å². The molecule has 3 nitrogen and oxygen atoms in total. The van der Waals surface area contributed by atoms with Gasteiger partial charge in [-0.1, -0.05) is 12.1 Å². The molecule has 2 aromatic rings. The smallest absolute Gasteiger partial charge is 0.336 e. The lowest BCUT2D eigenvalue weighted by Gasteiger charge is -2.07. The van der Waals surface area contributed by atoms with Crippen LogP contribution in [0.3, 0.4) is 0 Å². The number of rotatable bonds is 3. The van der Waals surface area contributed by atoms with Crippen molar-refractivity contribution in [3.63, 3.8) is 0 Å². The summed E-state index contributed by atoms with van der Waals surface area (Å²) in [5.74, 6) is -0.917. The Bertz CT molecular complexity index is 540. The van der Waals surface area contributed by atoms with Gasteiger partial charge in [0, 0.05) is 22.9 Å². The summed E-state index contributed by atoms with van der Waals surface area (Å²) >= 11 is 1.53. The number of hydrogen-bond donors (Lipinski definition) is 1. The van der Waals surface area contributed by atoms with E-state index in [1.54, 1.807) is 24.5 Å². The van der Waals surface area contributed by atoms with E-state index in [4.69, 9.17) is 0 Å². The minimum atomic E-state index is -0.917. The predicted octanol–water partition coefficient (Wildman–Crippen LogP) is 3.17. The Balaban J connectivity index is 2.58. The van der Waals surface area contributed by atoms with Crippen LogP contribution in [0.1, 0.15) is 10.4 Å². The summed E-state index contributed by atoms with van der Waals surface area (Å²) in [6, 6.07) is 9.08. The molecule has 17 heavy (non-hydrogen) atoms. The van der Waals surface area contributed by atoms with E-state index in [-0.39, 0.29) is 0 Å². The molecule has 0 amide bonds. The maximum atomic E-state index is 11.2. The van der Waals surface area contributed by atoms with Gasteiger partial charge >= 0.3 is 5.97 Å². The van der Waals surface area contributed by atoms with Crippen LogP contribution in [0.25, 0.3) is 11.1 Å². The fraction of sp³-hybridized carbons (Fsp3) is 0.0769. The summed E-state index contributed by atoms with van der Waals surface area (Å²) in [6.07, 6.45) is 5.26. The first-order valence-corrected chi connectivity index (χ1v) is 6.26. The van der Waals surface area contributed by atoms with Gasteiger partial charge in [0.1, 0.15) is 0 Å². The summed E-state index contributed by atoms with van der Waals surface area (Å²) in [5, 5.41) is 9.22. The van der Waals surface area contributed by atoms with Gasteiger partial charge in [-0.3, -0.25) is 4.98 Å². The summed E-state index contributed by atoms with van der Waals surface area (Å²) in [7, 11) is 0. The molecule has 0 aliphatic carbocycles. The average molecular weight is 245 g/mol. The van der Waals surface area contributed by atoms with Crippen molar-refractivity contribution < 1.29 is 9.90 Å². The largest absolute Gasteiger partial charge is 0.478 e. The lowest BCUT2D eigenvalue weighted by Crippen LogP contribution is -2.00. The molecule has 0 bridgehead atoms. The first-order chi connectivity index (χ1) is 8.22. The van der Waals surface area contributed by atoms with Crippen molar-refractivity contribution in [1.29, 1.82) is 0 Å². The van der Waals surface area contributed by atoms with Crippen molar-refractivity contribution in [3.05, 3.63) is 48.3 Å². The van der Waals surface area contributed by atoms with Gasteiger partial charge in [-0.25, -0.2) is 4.79 Å². The van der Waals surface area contributed by atoms with Crippen LogP contribution < -0.4 is 0 Å². The van der Waals surface area contributed by atoms with E-state index >= 15 is 0 Å². The first-order valence-electron chi connectivity index (χ1n) is 5.04. The van der Waals surface area contributed by atoms with Crippen LogP contribution in [-0.4, -0.2) is 22.3 Å². The number of benzene rings is 1. The molecule has 0 fully saturated rings. The molecule has 0 saturated heterocycles. The third kappa shape index (κ3) is 2.47. The van der Waals surface area contributed by atoms with Crippen molar-refractivity contribution >= 4 is 17.7 Å². The Morgan fingerprint density at radius 3 is 2.76 bits per heavy atom. The average Bonchev–Trinajstić information content (AvgIpc) is 2.39. The van der Waals surface area contributed by atoms with E-state index < -0.39 is 5.97 Å². The highest BCUT2D eigenvalue weighted by molar-refractivity contribution is 7.98. The molecular weight excluding hydrogens is 234 g/mol. The molecular formula is C13H11NO2S. The highest BCUT2D eigenvalue weighted by atomic mass is 32.2. The van der Waals surface area contributed by atoms with Gasteiger partial charge in [0.2, 0.25) is 0 Å². The van der Waals surface area contributed by atoms with Crippen LogP contribution in [0.4, 0.5) is 0 Å². The van der Waals surface area contributed by atoms with E-state index in [1.165, 1.54) is 11.8 Å². The van der Waals surface area contributed by atoms with Crippen LogP contribution >= 0.6 is 11.8 Å². The quantitative estimate of drug-likeness (QED) is 0.844. The monoisotopic (exact) mass is 245 g/mol. The fourth-order valence-corrected chi connectivity index (χ4v) is 2.04. The molecule has 0 spiro atoms. The first kappa shape index (κ1) is 11.7. The van der Waals surface area contributed by atoms with Crippen molar-refractivity contribution in [1.82, 2.24) is 4.98 Å². The van der Waals surface area contributed by atoms with Crippen molar-refractivity contribution in [2.75, 3.05) is 6.26 Å². The number of thioether (sulfide) groups is 1. The molecule has 0 saturated carbocycles. The standard InChI is InChI=1S/C13H11NO2S/c1-17-10-4-5-11(12(7-10)13(15)16)9-3-2-6-14-8-9/h2-8H,1H3,(H,15,16). The maximum absolute atomic E-state index is 11.2. The molecule has 2 rings (SSSR count). The molecule has 86 valence electrons. The Hall–Kier alpha value is -1.81. The minimum absolute atomic E-state index is 0.310. The van der Waals surface area contributed by atoms with Gasteiger partial charge in [0.05, 0.1) is 5.56 Å². The van der Waals surface area contributed by atoms with Crippen molar-refractivity contribution in [2.24, 2.45) is 0 Å². The summed E-state index contributed by atoms with van der Waals surface area (Å²) in [4.78, 5) is 16.2. The minimum Gasteiger partial charge on any atom is -0.478 e. The Morgan fingerprint density at radius 1 is 1.35 bits per heavy atom. The van der Waals surface area contributed by atoms with E-state index in [1.807, 2.05) is 24.5 Å². The topological polar surface area (TPSA) is 50.2 Å². The summed E-state index contributed by atoms with van der Waals surface area (Å²) < 4.78 is 0. The third-order valence-electron chi connectivity index (χ3n) is 2.43.